The fourth-order valence-corrected chi connectivity index (χ4v) is 4.09. The van der Waals surface area contributed by atoms with E-state index in [4.69, 9.17) is 5.26 Å². The molecule has 1 aromatic carbocycles. The number of anilines is 1. The molecule has 3 heterocycles. The maximum Gasteiger partial charge on any atom is 0.256 e. The van der Waals surface area contributed by atoms with E-state index in [9.17, 15) is 4.79 Å². The lowest BCUT2D eigenvalue weighted by atomic mass is 9.89. The molecule has 158 valence electrons. The van der Waals surface area contributed by atoms with Gasteiger partial charge in [0.1, 0.15) is 11.9 Å². The number of piperidine rings is 1. The number of carbonyl (C=O) groups excluding carboxylic acids is 1. The van der Waals surface area contributed by atoms with Crippen LogP contribution in [0.2, 0.25) is 0 Å². The van der Waals surface area contributed by atoms with Crippen LogP contribution in [-0.2, 0) is 0 Å². The summed E-state index contributed by atoms with van der Waals surface area (Å²) in [6.45, 7) is 5.45. The second kappa shape index (κ2) is 8.96. The maximum atomic E-state index is 13.7. The zero-order chi connectivity index (χ0) is 21.8. The van der Waals surface area contributed by atoms with E-state index in [0.29, 0.717) is 30.4 Å². The maximum absolute atomic E-state index is 13.7. The van der Waals surface area contributed by atoms with Gasteiger partial charge in [-0.05, 0) is 56.0 Å². The molecule has 2 aromatic heterocycles. The zero-order valence-corrected chi connectivity index (χ0v) is 17.7. The van der Waals surface area contributed by atoms with Crippen molar-refractivity contribution in [3.05, 3.63) is 65.6 Å². The molecule has 1 aliphatic rings. The molecule has 1 amide bonds. The van der Waals surface area contributed by atoms with Crippen LogP contribution in [0.4, 0.5) is 5.82 Å². The van der Waals surface area contributed by atoms with Crippen molar-refractivity contribution in [2.75, 3.05) is 18.4 Å². The van der Waals surface area contributed by atoms with Gasteiger partial charge in [0.25, 0.3) is 5.91 Å². The average Bonchev–Trinajstić information content (AvgIpc) is 3.32. The third-order valence-corrected chi connectivity index (χ3v) is 5.78. The Morgan fingerprint density at radius 2 is 2.16 bits per heavy atom. The first-order chi connectivity index (χ1) is 15.1. The molecule has 1 fully saturated rings. The van der Waals surface area contributed by atoms with Crippen molar-refractivity contribution >= 4 is 11.7 Å². The molecule has 0 saturated carbocycles. The average molecular weight is 416 g/mol. The largest absolute Gasteiger partial charge is 0.367 e. The summed E-state index contributed by atoms with van der Waals surface area (Å²) < 4.78 is 1.74. The standard InChI is InChI=1S/C23H25N7O/c1-16-6-8-20(30-12-4-10-26-30)19(13-16)23(31)29-11-3-5-17(2)21(29)15-25-22-9-7-18(14-24)27-28-22/h4,6-10,12-13,17,21H,3,5,11,15H2,1-2H3,(H,25,28)/t17-,21-/m1/s1. The van der Waals surface area contributed by atoms with E-state index in [-0.39, 0.29) is 17.6 Å². The third kappa shape index (κ3) is 4.40. The molecule has 4 rings (SSSR count). The van der Waals surface area contributed by atoms with Gasteiger partial charge in [-0.1, -0.05) is 18.6 Å². The fraction of sp³-hybridized carbons (Fsp3) is 0.348. The Morgan fingerprint density at radius 3 is 2.87 bits per heavy atom. The van der Waals surface area contributed by atoms with Gasteiger partial charge in [0.05, 0.1) is 17.3 Å². The Labute approximate surface area is 181 Å². The van der Waals surface area contributed by atoms with E-state index in [1.54, 1.807) is 23.0 Å². The summed E-state index contributed by atoms with van der Waals surface area (Å²) in [6.07, 6.45) is 5.60. The number of aryl methyl sites for hydroxylation is 1. The number of benzene rings is 1. The van der Waals surface area contributed by atoms with Crippen LogP contribution in [0.5, 0.6) is 0 Å². The van der Waals surface area contributed by atoms with Gasteiger partial charge in [0.15, 0.2) is 5.69 Å². The summed E-state index contributed by atoms with van der Waals surface area (Å²) in [4.78, 5) is 15.7. The molecule has 1 saturated heterocycles. The first-order valence-electron chi connectivity index (χ1n) is 10.5. The Bertz CT molecular complexity index is 1090. The molecule has 1 N–H and O–H groups in total. The monoisotopic (exact) mass is 415 g/mol. The number of carbonyl (C=O) groups is 1. The van der Waals surface area contributed by atoms with Crippen molar-refractivity contribution in [1.29, 1.82) is 5.26 Å². The smallest absolute Gasteiger partial charge is 0.256 e. The topological polar surface area (TPSA) is 99.7 Å². The lowest BCUT2D eigenvalue weighted by Crippen LogP contribution is -2.51. The van der Waals surface area contributed by atoms with Crippen LogP contribution in [0, 0.1) is 24.2 Å². The Morgan fingerprint density at radius 1 is 1.29 bits per heavy atom. The van der Waals surface area contributed by atoms with Crippen molar-refractivity contribution in [2.24, 2.45) is 5.92 Å². The van der Waals surface area contributed by atoms with E-state index in [1.807, 2.05) is 48.4 Å². The molecule has 8 nitrogen and oxygen atoms in total. The summed E-state index contributed by atoms with van der Waals surface area (Å²) in [6, 6.07) is 13.1. The third-order valence-electron chi connectivity index (χ3n) is 5.78. The summed E-state index contributed by atoms with van der Waals surface area (Å²) in [7, 11) is 0. The molecular weight excluding hydrogens is 390 g/mol. The number of nitrogens with zero attached hydrogens (tertiary/aromatic N) is 6. The highest BCUT2D eigenvalue weighted by Crippen LogP contribution is 2.27. The second-order valence-corrected chi connectivity index (χ2v) is 7.95. The van der Waals surface area contributed by atoms with Crippen LogP contribution < -0.4 is 5.32 Å². The molecule has 31 heavy (non-hydrogen) atoms. The highest BCUT2D eigenvalue weighted by atomic mass is 16.2. The van der Waals surface area contributed by atoms with E-state index in [0.717, 1.165) is 24.1 Å². The van der Waals surface area contributed by atoms with Crippen molar-refractivity contribution in [3.8, 4) is 11.8 Å². The van der Waals surface area contributed by atoms with Gasteiger partial charge in [0.2, 0.25) is 0 Å². The Balaban J connectivity index is 1.58. The summed E-state index contributed by atoms with van der Waals surface area (Å²) in [5, 5.41) is 24.4. The molecule has 0 unspecified atom stereocenters. The number of nitriles is 1. The van der Waals surface area contributed by atoms with Crippen LogP contribution in [0.15, 0.2) is 48.8 Å². The van der Waals surface area contributed by atoms with Gasteiger partial charge in [0, 0.05) is 25.5 Å². The number of nitrogens with one attached hydrogen (secondary N) is 1. The molecule has 1 aliphatic heterocycles. The summed E-state index contributed by atoms with van der Waals surface area (Å²) in [5.41, 5.74) is 2.75. The molecule has 8 heteroatoms. The van der Waals surface area contributed by atoms with Crippen molar-refractivity contribution in [3.63, 3.8) is 0 Å². The van der Waals surface area contributed by atoms with Crippen molar-refractivity contribution in [2.45, 2.75) is 32.7 Å². The lowest BCUT2D eigenvalue weighted by Gasteiger charge is -2.40. The van der Waals surface area contributed by atoms with Gasteiger partial charge in [-0.15, -0.1) is 10.2 Å². The first kappa shape index (κ1) is 20.5. The van der Waals surface area contributed by atoms with E-state index in [1.165, 1.54) is 0 Å². The molecule has 0 radical (unpaired) electrons. The minimum absolute atomic E-state index is 0.0125. The van der Waals surface area contributed by atoms with Crippen LogP contribution in [-0.4, -0.2) is 49.9 Å². The quantitative estimate of drug-likeness (QED) is 0.687. The van der Waals surface area contributed by atoms with Gasteiger partial charge in [-0.25, -0.2) is 4.68 Å². The fourth-order valence-electron chi connectivity index (χ4n) is 4.09. The van der Waals surface area contributed by atoms with Crippen LogP contribution >= 0.6 is 0 Å². The van der Waals surface area contributed by atoms with Gasteiger partial charge in [-0.2, -0.15) is 10.4 Å². The Kier molecular flexibility index (Phi) is 5.94. The molecule has 0 aliphatic carbocycles. The highest BCUT2D eigenvalue weighted by molar-refractivity contribution is 5.98. The van der Waals surface area contributed by atoms with Gasteiger partial charge < -0.3 is 10.2 Å². The molecule has 2 atom stereocenters. The highest BCUT2D eigenvalue weighted by Gasteiger charge is 2.33. The SMILES string of the molecule is Cc1ccc(-n2cccn2)c(C(=O)N2CCC[C@@H](C)[C@H]2CNc2ccc(C#N)nn2)c1. The number of hydrogen-bond donors (Lipinski definition) is 1. The van der Waals surface area contributed by atoms with Crippen molar-refractivity contribution in [1.82, 2.24) is 24.9 Å². The number of aromatic nitrogens is 4. The number of rotatable bonds is 5. The van der Waals surface area contributed by atoms with Crippen LogP contribution in [0.1, 0.15) is 41.4 Å². The van der Waals surface area contributed by atoms with Crippen LogP contribution in [0.3, 0.4) is 0 Å². The van der Waals surface area contributed by atoms with Crippen LogP contribution in [0.25, 0.3) is 5.69 Å². The zero-order valence-electron chi connectivity index (χ0n) is 17.7. The van der Waals surface area contributed by atoms with E-state index in [2.05, 4.69) is 27.5 Å². The lowest BCUT2D eigenvalue weighted by molar-refractivity contribution is 0.0540. The predicted octanol–water partition coefficient (Wildman–Crippen LogP) is 3.20. The number of hydrogen-bond acceptors (Lipinski definition) is 6. The van der Waals surface area contributed by atoms with E-state index < -0.39 is 0 Å². The summed E-state index contributed by atoms with van der Waals surface area (Å²) in [5.74, 6) is 0.949. The normalized spacial score (nSPS) is 18.4. The van der Waals surface area contributed by atoms with Gasteiger partial charge in [-0.3, -0.25) is 4.79 Å². The second-order valence-electron chi connectivity index (χ2n) is 7.95. The summed E-state index contributed by atoms with van der Waals surface area (Å²) >= 11 is 0. The van der Waals surface area contributed by atoms with E-state index >= 15 is 0 Å². The molecule has 3 aromatic rings. The minimum atomic E-state index is 0.0125. The first-order valence-corrected chi connectivity index (χ1v) is 10.5. The predicted molar refractivity (Wildman–Crippen MR) is 117 cm³/mol. The number of amides is 1. The molecular formula is C23H25N7O. The molecule has 0 spiro atoms. The molecule has 0 bridgehead atoms. The van der Waals surface area contributed by atoms with Gasteiger partial charge >= 0.3 is 0 Å². The Hall–Kier alpha value is -3.73. The number of likely N-dealkylation sites (tertiary alicyclic amines) is 1. The van der Waals surface area contributed by atoms with Crippen molar-refractivity contribution < 1.29 is 4.79 Å². The minimum Gasteiger partial charge on any atom is -0.367 e.